The zero-order valence-corrected chi connectivity index (χ0v) is 24.7. The number of aliphatic hydroxyl groups excluding tert-OH is 1. The number of aliphatic carboxylic acids is 1. The van der Waals surface area contributed by atoms with E-state index < -0.39 is 84.3 Å². The Bertz CT molecular complexity index is 987. The minimum absolute atomic E-state index is 0.0458. The van der Waals surface area contributed by atoms with Crippen molar-refractivity contribution in [2.45, 2.75) is 110 Å². The van der Waals surface area contributed by atoms with E-state index in [2.05, 4.69) is 26.6 Å². The zero-order valence-electron chi connectivity index (χ0n) is 24.7. The summed E-state index contributed by atoms with van der Waals surface area (Å²) in [7, 11) is 0. The third-order valence-electron chi connectivity index (χ3n) is 7.17. The van der Waals surface area contributed by atoms with Crippen LogP contribution in [-0.2, 0) is 28.8 Å². The summed E-state index contributed by atoms with van der Waals surface area (Å²) in [6, 6.07) is -6.78. The standard InChI is InChI=1S/C27H46N6O8/c1-13(2)10-17-23(37)30-18(11-20(35)36)24(38)32-21(16(6)34)26(40)29-15(5)22(27(41)28-12-14(3)4)33-9-7-8-19(33)25(39)31-17/h13-19,21-22,34H,7-12H2,1-6H3,(H,28,41)(H,29,40)(H,30,37)(H,31,39)(H,32,38)(H,35,36)/t15-,16+,17-,18-,19-,21-,22-/m0/s1. The van der Waals surface area contributed by atoms with E-state index in [1.165, 1.54) is 6.92 Å². The van der Waals surface area contributed by atoms with E-state index in [4.69, 9.17) is 0 Å². The van der Waals surface area contributed by atoms with Gasteiger partial charge in [0.25, 0.3) is 0 Å². The molecule has 0 saturated carbocycles. The number of hydrogen-bond acceptors (Lipinski definition) is 8. The SMILES string of the molecule is CC(C)CNC(=O)[C@@H]1[C@H](C)NC(=O)[C@H]([C@@H](C)O)NC(=O)[C@H](CC(=O)O)NC(=O)[C@H](CC(C)C)NC(=O)[C@@H]2CCCN12. The van der Waals surface area contributed by atoms with Crippen LogP contribution in [0.25, 0.3) is 0 Å². The molecule has 2 rings (SSSR count). The van der Waals surface area contributed by atoms with Crippen LogP contribution in [-0.4, -0.2) is 106 Å². The van der Waals surface area contributed by atoms with E-state index in [0.29, 0.717) is 25.9 Å². The molecule has 5 amide bonds. The molecule has 0 radical (unpaired) electrons. The molecule has 14 nitrogen and oxygen atoms in total. The Kier molecular flexibility index (Phi) is 12.5. The van der Waals surface area contributed by atoms with Gasteiger partial charge in [0.2, 0.25) is 29.5 Å². The van der Waals surface area contributed by atoms with Crippen LogP contribution in [0.2, 0.25) is 0 Å². The first-order valence-electron chi connectivity index (χ1n) is 14.3. The van der Waals surface area contributed by atoms with Crippen LogP contribution in [0, 0.1) is 11.8 Å². The van der Waals surface area contributed by atoms with E-state index >= 15 is 0 Å². The van der Waals surface area contributed by atoms with Crippen LogP contribution in [0.5, 0.6) is 0 Å². The highest BCUT2D eigenvalue weighted by Gasteiger charge is 2.43. The van der Waals surface area contributed by atoms with Crippen LogP contribution in [0.4, 0.5) is 0 Å². The molecule has 0 unspecified atom stereocenters. The van der Waals surface area contributed by atoms with Gasteiger partial charge in [-0.2, -0.15) is 0 Å². The number of rotatable bonds is 8. The lowest BCUT2D eigenvalue weighted by molar-refractivity contribution is -0.142. The molecule has 0 aliphatic carbocycles. The van der Waals surface area contributed by atoms with Gasteiger partial charge in [-0.25, -0.2) is 0 Å². The monoisotopic (exact) mass is 582 g/mol. The molecule has 2 aliphatic rings. The van der Waals surface area contributed by atoms with Gasteiger partial charge in [-0.15, -0.1) is 0 Å². The van der Waals surface area contributed by atoms with Gasteiger partial charge in [-0.1, -0.05) is 27.7 Å². The van der Waals surface area contributed by atoms with Gasteiger partial charge < -0.3 is 36.8 Å². The van der Waals surface area contributed by atoms with Gasteiger partial charge in [-0.3, -0.25) is 33.7 Å². The van der Waals surface area contributed by atoms with Gasteiger partial charge in [0.15, 0.2) is 0 Å². The van der Waals surface area contributed by atoms with E-state index in [-0.39, 0.29) is 18.3 Å². The number of carbonyl (C=O) groups is 6. The van der Waals surface area contributed by atoms with E-state index in [1.54, 1.807) is 11.8 Å². The lowest BCUT2D eigenvalue weighted by Gasteiger charge is -2.36. The molecule has 14 heteroatoms. The number of carbonyl (C=O) groups excluding carboxylic acids is 5. The Balaban J connectivity index is 2.58. The first-order valence-corrected chi connectivity index (χ1v) is 14.3. The topological polar surface area (TPSA) is 206 Å². The number of hydrogen-bond donors (Lipinski definition) is 7. The minimum Gasteiger partial charge on any atom is -0.481 e. The van der Waals surface area contributed by atoms with Crippen LogP contribution >= 0.6 is 0 Å². The fourth-order valence-corrected chi connectivity index (χ4v) is 5.16. The summed E-state index contributed by atoms with van der Waals surface area (Å²) in [6.45, 7) is 11.2. The second kappa shape index (κ2) is 15.1. The third kappa shape index (κ3) is 9.66. The van der Waals surface area contributed by atoms with Crippen molar-refractivity contribution < 1.29 is 39.0 Å². The summed E-state index contributed by atoms with van der Waals surface area (Å²) in [4.78, 5) is 80.0. The predicted octanol–water partition coefficient (Wildman–Crippen LogP) is -1.53. The second-order valence-electron chi connectivity index (χ2n) is 11.9. The Morgan fingerprint density at radius 2 is 1.51 bits per heavy atom. The maximum Gasteiger partial charge on any atom is 0.305 e. The third-order valence-corrected chi connectivity index (χ3v) is 7.17. The maximum atomic E-state index is 13.6. The fourth-order valence-electron chi connectivity index (χ4n) is 5.16. The molecule has 7 N–H and O–H groups in total. The van der Waals surface area contributed by atoms with Gasteiger partial charge >= 0.3 is 5.97 Å². The molecule has 0 spiro atoms. The molecular weight excluding hydrogens is 536 g/mol. The van der Waals surface area contributed by atoms with Crippen LogP contribution < -0.4 is 26.6 Å². The van der Waals surface area contributed by atoms with Crippen molar-refractivity contribution in [2.75, 3.05) is 13.1 Å². The molecule has 0 bridgehead atoms. The quantitative estimate of drug-likeness (QED) is 0.177. The fraction of sp³-hybridized carbons (Fsp3) is 0.778. The smallest absolute Gasteiger partial charge is 0.305 e. The Morgan fingerprint density at radius 3 is 2.07 bits per heavy atom. The number of amides is 5. The van der Waals surface area contributed by atoms with Crippen molar-refractivity contribution in [3.05, 3.63) is 0 Å². The second-order valence-corrected chi connectivity index (χ2v) is 11.9. The number of aliphatic hydroxyl groups is 1. The van der Waals surface area contributed by atoms with Crippen molar-refractivity contribution in [3.63, 3.8) is 0 Å². The summed E-state index contributed by atoms with van der Waals surface area (Å²) in [5.41, 5.74) is 0. The maximum absolute atomic E-state index is 13.6. The first-order chi connectivity index (χ1) is 19.1. The molecule has 0 aromatic carbocycles. The molecule has 2 fully saturated rings. The first kappa shape index (κ1) is 33.9. The molecule has 2 aliphatic heterocycles. The van der Waals surface area contributed by atoms with Crippen LogP contribution in [0.3, 0.4) is 0 Å². The predicted molar refractivity (Wildman–Crippen MR) is 148 cm³/mol. The van der Waals surface area contributed by atoms with Gasteiger partial charge in [-0.05, 0) is 51.5 Å². The average Bonchev–Trinajstić information content (AvgIpc) is 3.33. The number of carboxylic acid groups (broad SMARTS) is 1. The summed E-state index contributed by atoms with van der Waals surface area (Å²) in [5, 5.41) is 32.8. The summed E-state index contributed by atoms with van der Waals surface area (Å²) in [5.74, 6) is -4.72. The van der Waals surface area contributed by atoms with E-state index in [0.717, 1.165) is 0 Å². The van der Waals surface area contributed by atoms with Gasteiger partial charge in [0.05, 0.1) is 24.6 Å². The molecule has 2 saturated heterocycles. The molecule has 2 heterocycles. The van der Waals surface area contributed by atoms with Crippen molar-refractivity contribution in [3.8, 4) is 0 Å². The molecular formula is C27H46N6O8. The average molecular weight is 583 g/mol. The number of nitrogens with zero attached hydrogens (tertiary/aromatic N) is 1. The van der Waals surface area contributed by atoms with Gasteiger partial charge in [0.1, 0.15) is 24.2 Å². The molecule has 7 atom stereocenters. The zero-order chi connectivity index (χ0) is 31.0. The Morgan fingerprint density at radius 1 is 0.902 bits per heavy atom. The lowest BCUT2D eigenvalue weighted by Crippen LogP contribution is -2.63. The number of nitrogens with one attached hydrogen (secondary N) is 5. The summed E-state index contributed by atoms with van der Waals surface area (Å²) >= 11 is 0. The van der Waals surface area contributed by atoms with Crippen molar-refractivity contribution >= 4 is 35.5 Å². The van der Waals surface area contributed by atoms with E-state index in [9.17, 15) is 39.0 Å². The van der Waals surface area contributed by atoms with Crippen molar-refractivity contribution in [2.24, 2.45) is 11.8 Å². The Labute approximate surface area is 240 Å². The number of carboxylic acids is 1. The highest BCUT2D eigenvalue weighted by atomic mass is 16.4. The summed E-state index contributed by atoms with van der Waals surface area (Å²) < 4.78 is 0. The molecule has 0 aromatic heterocycles. The Hall–Kier alpha value is -3.26. The normalized spacial score (nSPS) is 29.4. The van der Waals surface area contributed by atoms with Crippen molar-refractivity contribution in [1.82, 2.24) is 31.5 Å². The van der Waals surface area contributed by atoms with Gasteiger partial charge in [0, 0.05) is 6.54 Å². The summed E-state index contributed by atoms with van der Waals surface area (Å²) in [6.07, 6.45) is -0.974. The van der Waals surface area contributed by atoms with E-state index in [1.807, 2.05) is 27.7 Å². The van der Waals surface area contributed by atoms with Crippen LogP contribution in [0.1, 0.15) is 67.2 Å². The molecule has 232 valence electrons. The van der Waals surface area contributed by atoms with Crippen molar-refractivity contribution in [1.29, 1.82) is 0 Å². The molecule has 0 aromatic rings. The van der Waals surface area contributed by atoms with Crippen LogP contribution in [0.15, 0.2) is 0 Å². The molecule has 41 heavy (non-hydrogen) atoms. The largest absolute Gasteiger partial charge is 0.481 e. The number of fused-ring (bicyclic) bond motifs is 1. The lowest BCUT2D eigenvalue weighted by atomic mass is 10.0. The highest BCUT2D eigenvalue weighted by Crippen LogP contribution is 2.23. The minimum atomic E-state index is -1.58. The highest BCUT2D eigenvalue weighted by molar-refractivity contribution is 5.97.